The van der Waals surface area contributed by atoms with Gasteiger partial charge in [0, 0.05) is 6.92 Å². The van der Waals surface area contributed by atoms with Gasteiger partial charge in [0.05, 0.1) is 12.6 Å². The van der Waals surface area contributed by atoms with E-state index in [-0.39, 0.29) is 18.6 Å². The highest BCUT2D eigenvalue weighted by Gasteiger charge is 2.02. The molecular formula is C20H39NO2. The van der Waals surface area contributed by atoms with E-state index >= 15 is 0 Å². The molecule has 0 aromatic rings. The molecule has 0 spiro atoms. The van der Waals surface area contributed by atoms with Crippen molar-refractivity contribution < 1.29 is 9.90 Å². The average Bonchev–Trinajstić information content (AvgIpc) is 2.53. The van der Waals surface area contributed by atoms with Gasteiger partial charge in [-0.15, -0.1) is 0 Å². The molecule has 0 aromatic carbocycles. The summed E-state index contributed by atoms with van der Waals surface area (Å²) in [6.45, 7) is 3.71. The molecule has 0 aromatic heterocycles. The lowest BCUT2D eigenvalue weighted by Crippen LogP contribution is -2.34. The van der Waals surface area contributed by atoms with Crippen molar-refractivity contribution in [3.8, 4) is 0 Å². The van der Waals surface area contributed by atoms with Crippen LogP contribution in [0.5, 0.6) is 0 Å². The third-order valence-corrected chi connectivity index (χ3v) is 4.18. The van der Waals surface area contributed by atoms with E-state index in [1.807, 2.05) is 6.08 Å². The van der Waals surface area contributed by atoms with Crippen LogP contribution in [0.15, 0.2) is 12.2 Å². The Labute approximate surface area is 143 Å². The van der Waals surface area contributed by atoms with E-state index in [2.05, 4.69) is 18.3 Å². The summed E-state index contributed by atoms with van der Waals surface area (Å²) in [7, 11) is 0. The number of hydrogen-bond donors (Lipinski definition) is 2. The maximum Gasteiger partial charge on any atom is 0.217 e. The zero-order chi connectivity index (χ0) is 17.2. The van der Waals surface area contributed by atoms with E-state index in [0.29, 0.717) is 0 Å². The molecule has 0 heterocycles. The number of carbonyl (C=O) groups excluding carboxylic acids is 1. The molecule has 0 radical (unpaired) electrons. The van der Waals surface area contributed by atoms with Crippen LogP contribution in [0.4, 0.5) is 0 Å². The number of hydrogen-bond acceptors (Lipinski definition) is 2. The fourth-order valence-corrected chi connectivity index (χ4v) is 2.78. The van der Waals surface area contributed by atoms with Crippen molar-refractivity contribution in [2.75, 3.05) is 6.61 Å². The Morgan fingerprint density at radius 3 is 1.83 bits per heavy atom. The lowest BCUT2D eigenvalue weighted by Gasteiger charge is -2.09. The quantitative estimate of drug-likeness (QED) is 0.305. The van der Waals surface area contributed by atoms with Crippen molar-refractivity contribution in [2.45, 2.75) is 103 Å². The van der Waals surface area contributed by atoms with E-state index in [1.165, 1.54) is 84.0 Å². The Balaban J connectivity index is 3.28. The predicted octanol–water partition coefficient (Wildman–Crippen LogP) is 5.13. The van der Waals surface area contributed by atoms with E-state index < -0.39 is 0 Å². The van der Waals surface area contributed by atoms with E-state index in [4.69, 9.17) is 5.11 Å². The number of allylic oxidation sites excluding steroid dienone is 1. The van der Waals surface area contributed by atoms with Gasteiger partial charge in [-0.05, 0) is 12.8 Å². The van der Waals surface area contributed by atoms with Crippen LogP contribution >= 0.6 is 0 Å². The highest BCUT2D eigenvalue weighted by Crippen LogP contribution is 2.12. The monoisotopic (exact) mass is 325 g/mol. The van der Waals surface area contributed by atoms with Crippen LogP contribution in [0.25, 0.3) is 0 Å². The third-order valence-electron chi connectivity index (χ3n) is 4.18. The van der Waals surface area contributed by atoms with Gasteiger partial charge in [0.15, 0.2) is 0 Å². The number of carbonyl (C=O) groups is 1. The van der Waals surface area contributed by atoms with Crippen LogP contribution < -0.4 is 5.32 Å². The first-order chi connectivity index (χ1) is 11.2. The maximum absolute atomic E-state index is 10.9. The number of amides is 1. The molecule has 1 atom stereocenters. The molecule has 0 rings (SSSR count). The molecule has 1 amide bonds. The zero-order valence-electron chi connectivity index (χ0n) is 15.5. The summed E-state index contributed by atoms with van der Waals surface area (Å²) in [5.74, 6) is -0.0981. The van der Waals surface area contributed by atoms with E-state index in [9.17, 15) is 4.79 Å². The summed E-state index contributed by atoms with van der Waals surface area (Å²) in [5.41, 5.74) is 0. The van der Waals surface area contributed by atoms with Crippen molar-refractivity contribution in [2.24, 2.45) is 0 Å². The molecule has 0 aliphatic carbocycles. The van der Waals surface area contributed by atoms with Crippen molar-refractivity contribution in [1.29, 1.82) is 0 Å². The topological polar surface area (TPSA) is 49.3 Å². The molecular weight excluding hydrogens is 286 g/mol. The number of rotatable bonds is 16. The van der Waals surface area contributed by atoms with Crippen LogP contribution in [-0.2, 0) is 4.79 Å². The smallest absolute Gasteiger partial charge is 0.217 e. The summed E-state index contributed by atoms with van der Waals surface area (Å²) in [6.07, 6.45) is 21.4. The predicted molar refractivity (Wildman–Crippen MR) is 99.5 cm³/mol. The highest BCUT2D eigenvalue weighted by molar-refractivity contribution is 5.73. The Hall–Kier alpha value is -0.830. The van der Waals surface area contributed by atoms with Gasteiger partial charge in [-0.2, -0.15) is 0 Å². The number of unbranched alkanes of at least 4 members (excludes halogenated alkanes) is 12. The second-order valence-corrected chi connectivity index (χ2v) is 6.60. The molecule has 0 bridgehead atoms. The number of nitrogens with one attached hydrogen (secondary N) is 1. The fraction of sp³-hybridized carbons (Fsp3) is 0.850. The van der Waals surface area contributed by atoms with Crippen LogP contribution in [0.3, 0.4) is 0 Å². The Morgan fingerprint density at radius 1 is 0.913 bits per heavy atom. The molecule has 3 heteroatoms. The molecule has 0 aliphatic heterocycles. The van der Waals surface area contributed by atoms with Gasteiger partial charge in [-0.3, -0.25) is 4.79 Å². The van der Waals surface area contributed by atoms with Crippen molar-refractivity contribution >= 4 is 5.91 Å². The molecule has 0 saturated carbocycles. The lowest BCUT2D eigenvalue weighted by atomic mass is 10.0. The normalized spacial score (nSPS) is 12.7. The summed E-state index contributed by atoms with van der Waals surface area (Å²) < 4.78 is 0. The van der Waals surface area contributed by atoms with Gasteiger partial charge in [0.25, 0.3) is 0 Å². The van der Waals surface area contributed by atoms with Crippen LogP contribution in [0.1, 0.15) is 97.3 Å². The van der Waals surface area contributed by atoms with Gasteiger partial charge >= 0.3 is 0 Å². The average molecular weight is 326 g/mol. The van der Waals surface area contributed by atoms with E-state index in [0.717, 1.165) is 6.42 Å². The first-order valence-electron chi connectivity index (χ1n) is 9.75. The first kappa shape index (κ1) is 22.2. The molecule has 3 nitrogen and oxygen atoms in total. The van der Waals surface area contributed by atoms with Gasteiger partial charge in [0.1, 0.15) is 0 Å². The maximum atomic E-state index is 10.9. The standard InChI is InChI=1S/C20H39NO2/c1-3-4-5-6-7-8-9-10-11-12-13-14-15-16-17-20(18-22)21-19(2)23/h16-17,20,22H,3-15,18H2,1-2H3,(H,21,23)/t20-/m0/s1. The molecule has 0 unspecified atom stereocenters. The Morgan fingerprint density at radius 2 is 1.39 bits per heavy atom. The van der Waals surface area contributed by atoms with Gasteiger partial charge in [-0.25, -0.2) is 0 Å². The van der Waals surface area contributed by atoms with E-state index in [1.54, 1.807) is 0 Å². The summed E-state index contributed by atoms with van der Waals surface area (Å²) in [4.78, 5) is 10.9. The van der Waals surface area contributed by atoms with Gasteiger partial charge < -0.3 is 10.4 Å². The van der Waals surface area contributed by atoms with Crippen LogP contribution in [0, 0.1) is 0 Å². The molecule has 0 saturated heterocycles. The summed E-state index contributed by atoms with van der Waals surface area (Å²) in [6, 6.07) is -0.232. The second-order valence-electron chi connectivity index (χ2n) is 6.60. The van der Waals surface area contributed by atoms with Crippen molar-refractivity contribution in [3.63, 3.8) is 0 Å². The SMILES string of the molecule is CCCCCCCCCCCCCCC=C[C@@H](CO)NC(C)=O. The molecule has 136 valence electrons. The first-order valence-corrected chi connectivity index (χ1v) is 9.75. The highest BCUT2D eigenvalue weighted by atomic mass is 16.3. The lowest BCUT2D eigenvalue weighted by molar-refractivity contribution is -0.119. The molecule has 0 aliphatic rings. The van der Waals surface area contributed by atoms with Gasteiger partial charge in [0.2, 0.25) is 5.91 Å². The second kappa shape index (κ2) is 17.5. The molecule has 2 N–H and O–H groups in total. The minimum absolute atomic E-state index is 0.0332. The van der Waals surface area contributed by atoms with Gasteiger partial charge in [-0.1, -0.05) is 89.7 Å². The largest absolute Gasteiger partial charge is 0.394 e. The van der Waals surface area contributed by atoms with Crippen molar-refractivity contribution in [1.82, 2.24) is 5.32 Å². The van der Waals surface area contributed by atoms with Crippen molar-refractivity contribution in [3.05, 3.63) is 12.2 Å². The summed E-state index contributed by atoms with van der Waals surface area (Å²) in [5, 5.41) is 11.8. The summed E-state index contributed by atoms with van der Waals surface area (Å²) >= 11 is 0. The minimum Gasteiger partial charge on any atom is -0.394 e. The number of aliphatic hydroxyl groups is 1. The third kappa shape index (κ3) is 17.4. The number of aliphatic hydroxyl groups excluding tert-OH is 1. The Kier molecular flexibility index (Phi) is 16.9. The fourth-order valence-electron chi connectivity index (χ4n) is 2.78. The zero-order valence-corrected chi connectivity index (χ0v) is 15.5. The van der Waals surface area contributed by atoms with Crippen LogP contribution in [0.2, 0.25) is 0 Å². The Bertz CT molecular complexity index is 289. The minimum atomic E-state index is -0.232. The molecule has 0 fully saturated rings. The van der Waals surface area contributed by atoms with Crippen LogP contribution in [-0.4, -0.2) is 23.7 Å². The molecule has 23 heavy (non-hydrogen) atoms.